The quantitative estimate of drug-likeness (QED) is 0.812. The molecule has 0 radical (unpaired) electrons. The number of anilines is 1. The first-order valence-corrected chi connectivity index (χ1v) is 4.93. The molecule has 0 aliphatic heterocycles. The van der Waals surface area contributed by atoms with Crippen molar-refractivity contribution in [3.8, 4) is 6.07 Å². The Morgan fingerprint density at radius 1 is 1.47 bits per heavy atom. The SMILES string of the molecule is CC(=O)CC(=O)Nc1cc(C)c(C#N)cc1F. The molecule has 17 heavy (non-hydrogen) atoms. The number of rotatable bonds is 3. The predicted octanol–water partition coefficient (Wildman–Crippen LogP) is 1.92. The van der Waals surface area contributed by atoms with Gasteiger partial charge in [0, 0.05) is 0 Å². The molecule has 1 aromatic carbocycles. The maximum absolute atomic E-state index is 13.5. The number of aryl methyl sites for hydroxylation is 1. The third-order valence-electron chi connectivity index (χ3n) is 2.12. The number of benzene rings is 1. The third kappa shape index (κ3) is 3.38. The first-order valence-electron chi connectivity index (χ1n) is 4.93. The first kappa shape index (κ1) is 12.8. The fraction of sp³-hybridized carbons (Fsp3) is 0.250. The number of amides is 1. The van der Waals surface area contributed by atoms with E-state index in [4.69, 9.17) is 5.26 Å². The van der Waals surface area contributed by atoms with Crippen LogP contribution in [-0.4, -0.2) is 11.7 Å². The van der Waals surface area contributed by atoms with Crippen LogP contribution in [0.4, 0.5) is 10.1 Å². The number of Topliss-reactive ketones (excluding diaryl/α,β-unsaturated/α-hetero) is 1. The zero-order chi connectivity index (χ0) is 13.0. The van der Waals surface area contributed by atoms with E-state index in [0.29, 0.717) is 5.56 Å². The highest BCUT2D eigenvalue weighted by molar-refractivity contribution is 6.03. The van der Waals surface area contributed by atoms with Crippen molar-refractivity contribution in [2.75, 3.05) is 5.32 Å². The number of carbonyl (C=O) groups excluding carboxylic acids is 2. The van der Waals surface area contributed by atoms with Gasteiger partial charge in [0.15, 0.2) is 0 Å². The lowest BCUT2D eigenvalue weighted by Crippen LogP contribution is -2.15. The summed E-state index contributed by atoms with van der Waals surface area (Å²) in [6.07, 6.45) is -0.293. The molecule has 0 bridgehead atoms. The highest BCUT2D eigenvalue weighted by Gasteiger charge is 2.11. The Morgan fingerprint density at radius 3 is 2.65 bits per heavy atom. The summed E-state index contributed by atoms with van der Waals surface area (Å²) in [6.45, 7) is 2.92. The molecule has 1 aromatic rings. The van der Waals surface area contributed by atoms with Crippen molar-refractivity contribution >= 4 is 17.4 Å². The molecule has 4 nitrogen and oxygen atoms in total. The van der Waals surface area contributed by atoms with Crippen LogP contribution in [-0.2, 0) is 9.59 Å². The van der Waals surface area contributed by atoms with Gasteiger partial charge in [-0.2, -0.15) is 5.26 Å². The molecule has 0 aromatic heterocycles. The van der Waals surface area contributed by atoms with E-state index >= 15 is 0 Å². The number of halogens is 1. The van der Waals surface area contributed by atoms with Gasteiger partial charge in [0.25, 0.3) is 0 Å². The van der Waals surface area contributed by atoms with Crippen LogP contribution in [0, 0.1) is 24.1 Å². The minimum atomic E-state index is -0.691. The van der Waals surface area contributed by atoms with Crippen LogP contribution < -0.4 is 5.32 Å². The Hall–Kier alpha value is -2.22. The molecule has 0 aliphatic carbocycles. The number of nitrogens with zero attached hydrogens (tertiary/aromatic N) is 1. The Balaban J connectivity index is 2.93. The number of hydrogen-bond acceptors (Lipinski definition) is 3. The molecular weight excluding hydrogens is 223 g/mol. The second-order valence-corrected chi connectivity index (χ2v) is 3.69. The Bertz CT molecular complexity index is 518. The van der Waals surface area contributed by atoms with E-state index in [1.165, 1.54) is 13.0 Å². The van der Waals surface area contributed by atoms with Crippen LogP contribution >= 0.6 is 0 Å². The van der Waals surface area contributed by atoms with Crippen LogP contribution in [0.2, 0.25) is 0 Å². The molecule has 0 atom stereocenters. The predicted molar refractivity (Wildman–Crippen MR) is 59.8 cm³/mol. The Morgan fingerprint density at radius 2 is 2.12 bits per heavy atom. The van der Waals surface area contributed by atoms with Gasteiger partial charge in [-0.25, -0.2) is 4.39 Å². The number of nitriles is 1. The Labute approximate surface area is 98.1 Å². The van der Waals surface area contributed by atoms with Gasteiger partial charge in [-0.05, 0) is 31.5 Å². The molecule has 0 aliphatic rings. The van der Waals surface area contributed by atoms with Gasteiger partial charge in [-0.1, -0.05) is 0 Å². The first-order chi connectivity index (χ1) is 7.93. The molecule has 0 saturated heterocycles. The molecule has 5 heteroatoms. The number of hydrogen-bond donors (Lipinski definition) is 1. The summed E-state index contributed by atoms with van der Waals surface area (Å²) in [6, 6.07) is 4.26. The van der Waals surface area contributed by atoms with Gasteiger partial charge in [0.05, 0.1) is 23.7 Å². The molecule has 0 spiro atoms. The lowest BCUT2D eigenvalue weighted by Gasteiger charge is -2.07. The largest absolute Gasteiger partial charge is 0.323 e. The lowest BCUT2D eigenvalue weighted by atomic mass is 10.1. The molecule has 0 heterocycles. The second kappa shape index (κ2) is 5.21. The van der Waals surface area contributed by atoms with Crippen molar-refractivity contribution in [1.29, 1.82) is 5.26 Å². The summed E-state index contributed by atoms with van der Waals surface area (Å²) >= 11 is 0. The number of ketones is 1. The van der Waals surface area contributed by atoms with Crippen molar-refractivity contribution in [1.82, 2.24) is 0 Å². The average molecular weight is 234 g/mol. The Kier molecular flexibility index (Phi) is 3.94. The molecule has 0 unspecified atom stereocenters. The molecule has 1 N–H and O–H groups in total. The normalized spacial score (nSPS) is 9.53. The lowest BCUT2D eigenvalue weighted by molar-refractivity contribution is -0.124. The van der Waals surface area contributed by atoms with Crippen molar-refractivity contribution in [3.05, 3.63) is 29.1 Å². The van der Waals surface area contributed by atoms with Crippen molar-refractivity contribution in [2.45, 2.75) is 20.3 Å². The molecule has 88 valence electrons. The minimum Gasteiger partial charge on any atom is -0.323 e. The standard InChI is InChI=1S/C12H11FN2O2/c1-7-3-11(10(13)5-9(7)6-14)15-12(17)4-8(2)16/h3,5H,4H2,1-2H3,(H,15,17). The second-order valence-electron chi connectivity index (χ2n) is 3.69. The van der Waals surface area contributed by atoms with Gasteiger partial charge >= 0.3 is 0 Å². The summed E-state index contributed by atoms with van der Waals surface area (Å²) < 4.78 is 13.5. The zero-order valence-corrected chi connectivity index (χ0v) is 9.50. The van der Waals surface area contributed by atoms with Crippen molar-refractivity contribution < 1.29 is 14.0 Å². The summed E-state index contributed by atoms with van der Waals surface area (Å²) in [4.78, 5) is 22.0. The van der Waals surface area contributed by atoms with Crippen LogP contribution in [0.1, 0.15) is 24.5 Å². The van der Waals surface area contributed by atoms with Gasteiger partial charge in [-0.3, -0.25) is 9.59 Å². The van der Waals surface area contributed by atoms with Crippen LogP contribution in [0.5, 0.6) is 0 Å². The maximum atomic E-state index is 13.5. The molecule has 0 fully saturated rings. The van der Waals surface area contributed by atoms with Gasteiger partial charge in [-0.15, -0.1) is 0 Å². The van der Waals surface area contributed by atoms with E-state index in [1.54, 1.807) is 6.92 Å². The fourth-order valence-corrected chi connectivity index (χ4v) is 1.32. The van der Waals surface area contributed by atoms with E-state index in [0.717, 1.165) is 6.07 Å². The third-order valence-corrected chi connectivity index (χ3v) is 2.12. The van der Waals surface area contributed by atoms with E-state index in [2.05, 4.69) is 5.32 Å². The molecule has 0 saturated carbocycles. The van der Waals surface area contributed by atoms with E-state index in [1.807, 2.05) is 6.07 Å². The minimum absolute atomic E-state index is 0.0206. The average Bonchev–Trinajstić information content (AvgIpc) is 2.21. The highest BCUT2D eigenvalue weighted by atomic mass is 19.1. The van der Waals surface area contributed by atoms with Crippen LogP contribution in [0.15, 0.2) is 12.1 Å². The zero-order valence-electron chi connectivity index (χ0n) is 9.50. The topological polar surface area (TPSA) is 70.0 Å². The van der Waals surface area contributed by atoms with E-state index < -0.39 is 11.7 Å². The van der Waals surface area contributed by atoms with Crippen molar-refractivity contribution in [3.63, 3.8) is 0 Å². The summed E-state index contributed by atoms with van der Waals surface area (Å²) in [5, 5.41) is 11.0. The molecule has 1 rings (SSSR count). The maximum Gasteiger partial charge on any atom is 0.231 e. The van der Waals surface area contributed by atoms with Crippen molar-refractivity contribution in [2.24, 2.45) is 0 Å². The summed E-state index contributed by atoms with van der Waals surface area (Å²) in [5.74, 6) is -1.56. The van der Waals surface area contributed by atoms with Gasteiger partial charge < -0.3 is 5.32 Å². The van der Waals surface area contributed by atoms with Crippen LogP contribution in [0.3, 0.4) is 0 Å². The summed E-state index contributed by atoms with van der Waals surface area (Å²) in [7, 11) is 0. The number of carbonyl (C=O) groups is 2. The summed E-state index contributed by atoms with van der Waals surface area (Å²) in [5.41, 5.74) is 0.756. The van der Waals surface area contributed by atoms with Gasteiger partial charge in [0.1, 0.15) is 11.6 Å². The monoisotopic (exact) mass is 234 g/mol. The van der Waals surface area contributed by atoms with Crippen LogP contribution in [0.25, 0.3) is 0 Å². The molecule has 1 amide bonds. The molecular formula is C12H11FN2O2. The smallest absolute Gasteiger partial charge is 0.231 e. The van der Waals surface area contributed by atoms with E-state index in [9.17, 15) is 14.0 Å². The van der Waals surface area contributed by atoms with Gasteiger partial charge in [0.2, 0.25) is 5.91 Å². The highest BCUT2D eigenvalue weighted by Crippen LogP contribution is 2.19. The van der Waals surface area contributed by atoms with E-state index in [-0.39, 0.29) is 23.5 Å². The number of nitrogens with one attached hydrogen (secondary N) is 1. The fourth-order valence-electron chi connectivity index (χ4n) is 1.32.